The zero-order valence-electron chi connectivity index (χ0n) is 4.38. The molecular formula is C6H6F2. The van der Waals surface area contributed by atoms with Crippen molar-refractivity contribution in [2.75, 3.05) is 0 Å². The summed E-state index contributed by atoms with van der Waals surface area (Å²) < 4.78 is 23.0. The first-order chi connectivity index (χ1) is 3.70. The van der Waals surface area contributed by atoms with Crippen LogP contribution in [-0.2, 0) is 0 Å². The number of halogens is 2. The fourth-order valence-electron chi connectivity index (χ4n) is 0.685. The van der Waals surface area contributed by atoms with Crippen LogP contribution < -0.4 is 0 Å². The van der Waals surface area contributed by atoms with Crippen molar-refractivity contribution in [3.8, 4) is 0 Å². The van der Waals surface area contributed by atoms with E-state index in [0.717, 1.165) is 5.57 Å². The Labute approximate surface area is 46.5 Å². The van der Waals surface area contributed by atoms with E-state index in [0.29, 0.717) is 12.8 Å². The van der Waals surface area contributed by atoms with Crippen molar-refractivity contribution >= 4 is 0 Å². The standard InChI is InChI=1S/C6H6F2/c1-4-2-5(3-4)6(7)8/h1-3H2. The molecule has 0 unspecified atom stereocenters. The van der Waals surface area contributed by atoms with E-state index >= 15 is 0 Å². The van der Waals surface area contributed by atoms with Crippen LogP contribution in [0.25, 0.3) is 0 Å². The predicted molar refractivity (Wildman–Crippen MR) is 27.6 cm³/mol. The van der Waals surface area contributed by atoms with Crippen LogP contribution in [0.15, 0.2) is 23.8 Å². The Morgan fingerprint density at radius 1 is 1.38 bits per heavy atom. The fraction of sp³-hybridized carbons (Fsp3) is 0.333. The minimum atomic E-state index is -1.52. The highest BCUT2D eigenvalue weighted by molar-refractivity contribution is 5.29. The van der Waals surface area contributed by atoms with Gasteiger partial charge in [0.2, 0.25) is 0 Å². The van der Waals surface area contributed by atoms with E-state index in [4.69, 9.17) is 0 Å². The Hall–Kier alpha value is -0.660. The average molecular weight is 116 g/mol. The maximum Gasteiger partial charge on any atom is 0.270 e. The van der Waals surface area contributed by atoms with Gasteiger partial charge in [-0.1, -0.05) is 12.2 Å². The molecule has 44 valence electrons. The molecule has 0 radical (unpaired) electrons. The van der Waals surface area contributed by atoms with Crippen LogP contribution in [0.2, 0.25) is 0 Å². The molecule has 1 aliphatic rings. The van der Waals surface area contributed by atoms with E-state index < -0.39 is 6.08 Å². The SMILES string of the molecule is C=C1CC(=C(F)F)C1. The maximum atomic E-state index is 11.5. The fourth-order valence-corrected chi connectivity index (χ4v) is 0.685. The minimum Gasteiger partial charge on any atom is -0.173 e. The first kappa shape index (κ1) is 5.48. The van der Waals surface area contributed by atoms with Gasteiger partial charge in [0.15, 0.2) is 0 Å². The summed E-state index contributed by atoms with van der Waals surface area (Å²) in [5.74, 6) is 0. The third kappa shape index (κ3) is 0.782. The van der Waals surface area contributed by atoms with E-state index in [1.165, 1.54) is 0 Å². The molecule has 1 saturated carbocycles. The molecule has 2 heteroatoms. The Balaban J connectivity index is 2.57. The van der Waals surface area contributed by atoms with E-state index in [9.17, 15) is 8.78 Å². The van der Waals surface area contributed by atoms with Crippen LogP contribution in [0.5, 0.6) is 0 Å². The van der Waals surface area contributed by atoms with Gasteiger partial charge in [0.1, 0.15) is 0 Å². The lowest BCUT2D eigenvalue weighted by molar-refractivity contribution is 0.400. The molecule has 0 aliphatic heterocycles. The van der Waals surface area contributed by atoms with Crippen molar-refractivity contribution in [2.24, 2.45) is 0 Å². The summed E-state index contributed by atoms with van der Waals surface area (Å²) in [7, 11) is 0. The summed E-state index contributed by atoms with van der Waals surface area (Å²) in [5, 5.41) is 0. The Kier molecular flexibility index (Phi) is 1.16. The second-order valence-electron chi connectivity index (χ2n) is 1.97. The zero-order chi connectivity index (χ0) is 6.15. The van der Waals surface area contributed by atoms with Crippen molar-refractivity contribution in [3.63, 3.8) is 0 Å². The Morgan fingerprint density at radius 2 is 1.88 bits per heavy atom. The van der Waals surface area contributed by atoms with Gasteiger partial charge in [-0.25, -0.2) is 0 Å². The maximum absolute atomic E-state index is 11.5. The molecule has 0 aromatic rings. The second-order valence-corrected chi connectivity index (χ2v) is 1.97. The van der Waals surface area contributed by atoms with Crippen molar-refractivity contribution < 1.29 is 8.78 Å². The minimum absolute atomic E-state index is 0.259. The van der Waals surface area contributed by atoms with Gasteiger partial charge in [0, 0.05) is 5.57 Å². The number of hydrogen-bond donors (Lipinski definition) is 0. The molecule has 0 aromatic heterocycles. The smallest absolute Gasteiger partial charge is 0.173 e. The molecule has 0 atom stereocenters. The van der Waals surface area contributed by atoms with Gasteiger partial charge in [-0.15, -0.1) is 0 Å². The zero-order valence-corrected chi connectivity index (χ0v) is 4.38. The summed E-state index contributed by atoms with van der Waals surface area (Å²) in [5.41, 5.74) is 1.17. The molecule has 0 N–H and O–H groups in total. The van der Waals surface area contributed by atoms with Crippen molar-refractivity contribution in [1.82, 2.24) is 0 Å². The van der Waals surface area contributed by atoms with E-state index in [2.05, 4.69) is 6.58 Å². The highest BCUT2D eigenvalue weighted by atomic mass is 19.3. The van der Waals surface area contributed by atoms with Gasteiger partial charge in [0.25, 0.3) is 6.08 Å². The monoisotopic (exact) mass is 116 g/mol. The molecule has 1 rings (SSSR count). The Bertz CT molecular complexity index is 142. The number of allylic oxidation sites excluding steroid dienone is 2. The van der Waals surface area contributed by atoms with Crippen LogP contribution in [0, 0.1) is 0 Å². The largest absolute Gasteiger partial charge is 0.270 e. The summed E-state index contributed by atoms with van der Waals surface area (Å²) in [4.78, 5) is 0. The van der Waals surface area contributed by atoms with Gasteiger partial charge < -0.3 is 0 Å². The van der Waals surface area contributed by atoms with Crippen LogP contribution in [0.4, 0.5) is 8.78 Å². The first-order valence-electron chi connectivity index (χ1n) is 2.40. The molecule has 0 bridgehead atoms. The van der Waals surface area contributed by atoms with Gasteiger partial charge in [-0.3, -0.25) is 0 Å². The van der Waals surface area contributed by atoms with Crippen LogP contribution >= 0.6 is 0 Å². The van der Waals surface area contributed by atoms with Crippen molar-refractivity contribution in [1.29, 1.82) is 0 Å². The second kappa shape index (κ2) is 1.69. The van der Waals surface area contributed by atoms with Crippen LogP contribution in [0.1, 0.15) is 12.8 Å². The lowest BCUT2D eigenvalue weighted by Crippen LogP contribution is -2.01. The predicted octanol–water partition coefficient (Wildman–Crippen LogP) is 2.49. The molecule has 1 aliphatic carbocycles. The quantitative estimate of drug-likeness (QED) is 0.426. The summed E-state index contributed by atoms with van der Waals surface area (Å²) in [6, 6.07) is 0. The third-order valence-corrected chi connectivity index (χ3v) is 1.19. The molecule has 0 nitrogen and oxygen atoms in total. The molecule has 1 fully saturated rings. The van der Waals surface area contributed by atoms with Gasteiger partial charge in [0.05, 0.1) is 0 Å². The summed E-state index contributed by atoms with van der Waals surface area (Å²) in [6.45, 7) is 3.53. The van der Waals surface area contributed by atoms with Crippen molar-refractivity contribution in [3.05, 3.63) is 23.8 Å². The average Bonchev–Trinajstić information content (AvgIpc) is 1.57. The molecule has 0 spiro atoms. The number of rotatable bonds is 0. The molecule has 0 aromatic carbocycles. The van der Waals surface area contributed by atoms with Gasteiger partial charge in [-0.05, 0) is 12.8 Å². The molecule has 0 heterocycles. The topological polar surface area (TPSA) is 0 Å². The normalized spacial score (nSPS) is 18.2. The highest BCUT2D eigenvalue weighted by Gasteiger charge is 2.17. The van der Waals surface area contributed by atoms with Crippen LogP contribution in [0.3, 0.4) is 0 Å². The van der Waals surface area contributed by atoms with Crippen molar-refractivity contribution in [2.45, 2.75) is 12.8 Å². The summed E-state index contributed by atoms with van der Waals surface area (Å²) >= 11 is 0. The third-order valence-electron chi connectivity index (χ3n) is 1.19. The highest BCUT2D eigenvalue weighted by Crippen LogP contribution is 2.33. The molecule has 8 heavy (non-hydrogen) atoms. The van der Waals surface area contributed by atoms with E-state index in [1.807, 2.05) is 0 Å². The lowest BCUT2D eigenvalue weighted by atomic mass is 9.88. The van der Waals surface area contributed by atoms with E-state index in [1.54, 1.807) is 0 Å². The molecule has 0 amide bonds. The lowest BCUT2D eigenvalue weighted by Gasteiger charge is -2.17. The number of hydrogen-bond acceptors (Lipinski definition) is 0. The first-order valence-corrected chi connectivity index (χ1v) is 2.40. The summed E-state index contributed by atoms with van der Waals surface area (Å²) in [6.07, 6.45) is -0.678. The molecule has 0 saturated heterocycles. The van der Waals surface area contributed by atoms with Gasteiger partial charge in [-0.2, -0.15) is 8.78 Å². The molecular weight excluding hydrogens is 110 g/mol. The van der Waals surface area contributed by atoms with Crippen LogP contribution in [-0.4, -0.2) is 0 Å². The van der Waals surface area contributed by atoms with E-state index in [-0.39, 0.29) is 5.57 Å². The van der Waals surface area contributed by atoms with Gasteiger partial charge >= 0.3 is 0 Å². The Morgan fingerprint density at radius 3 is 2.00 bits per heavy atom.